The van der Waals surface area contributed by atoms with Crippen molar-refractivity contribution >= 4 is 119 Å². The summed E-state index contributed by atoms with van der Waals surface area (Å²) in [5.41, 5.74) is 0. The number of halogens is 5. The molecule has 3 nitrogen and oxygen atoms in total. The first kappa shape index (κ1) is 16.5. The second-order valence-electron chi connectivity index (χ2n) is 0.954. The standard InChI is InChI=1S/5BrH.Ir.K.NO2.H/c;;;;;;;2-1-3;/h5*1H;;;;/q;;;;;+5;;;/p-5. The van der Waals surface area contributed by atoms with Crippen LogP contribution in [0.15, 0.2) is 0 Å². The first-order chi connectivity index (χ1) is 3.43. The maximum absolute atomic E-state index is 10.3. The zero-order chi connectivity index (χ0) is 7.99. The molecule has 0 saturated heterocycles. The molecule has 0 aliphatic rings. The fourth-order valence-electron chi connectivity index (χ4n) is 0. The fourth-order valence-corrected chi connectivity index (χ4v) is 0. The summed E-state index contributed by atoms with van der Waals surface area (Å²) in [5, 5.41) is 10.3. The maximum atomic E-state index is 10.3. The molecule has 0 amide bonds. The molecule has 0 N–H and O–H groups in total. The van der Waals surface area contributed by atoms with Gasteiger partial charge in [0.15, 0.2) is 0 Å². The second-order valence-corrected chi connectivity index (χ2v) is 118. The van der Waals surface area contributed by atoms with Crippen molar-refractivity contribution < 1.29 is 6.72 Å². The molecule has 0 saturated carbocycles. The van der Waals surface area contributed by atoms with Crippen LogP contribution in [0.25, 0.3) is 0 Å². The van der Waals surface area contributed by atoms with Crippen LogP contribution in [0.3, 0.4) is 0 Å². The van der Waals surface area contributed by atoms with E-state index in [9.17, 15) is 10.1 Å². The van der Waals surface area contributed by atoms with Crippen molar-refractivity contribution in [3.05, 3.63) is 10.1 Å². The Balaban J connectivity index is 0. The number of hydrogen-bond acceptors (Lipinski definition) is 2. The molecular formula is HBr5IrKNO2. The van der Waals surface area contributed by atoms with Crippen LogP contribution in [0.2, 0.25) is 0 Å². The van der Waals surface area contributed by atoms with Gasteiger partial charge in [0.25, 0.3) is 0 Å². The molecule has 0 aromatic carbocycles. The van der Waals surface area contributed by atoms with Crippen LogP contribution < -0.4 is 0 Å². The van der Waals surface area contributed by atoms with Crippen LogP contribution in [-0.4, -0.2) is 55.0 Å². The first-order valence-corrected chi connectivity index (χ1v) is 28.4. The van der Waals surface area contributed by atoms with Gasteiger partial charge in [-0.1, -0.05) is 0 Å². The Morgan fingerprint density at radius 2 is 1.20 bits per heavy atom. The molecule has 10 heteroatoms. The summed E-state index contributed by atoms with van der Waals surface area (Å²) < 4.78 is -5.09. The van der Waals surface area contributed by atoms with Crippen LogP contribution in [0.1, 0.15) is 0 Å². The van der Waals surface area contributed by atoms with Gasteiger partial charge in [-0.15, -0.1) is 0 Å². The zero-order valence-corrected chi connectivity index (χ0v) is 13.8. The molecule has 0 aromatic rings. The molecule has 0 radical (unpaired) electrons. The number of nitrogens with zero attached hydrogens (tertiary/aromatic N) is 1. The van der Waals surface area contributed by atoms with Crippen molar-refractivity contribution in [3.8, 4) is 0 Å². The van der Waals surface area contributed by atoms with Gasteiger partial charge in [0.1, 0.15) is 0 Å². The Morgan fingerprint density at radius 1 is 1.10 bits per heavy atom. The molecule has 0 bridgehead atoms. The fraction of sp³-hybridized carbons (Fsp3) is 0. The average Bonchev–Trinajstić information content (AvgIpc) is 1.24. The molecule has 63 valence electrons. The molecular weight excluding hydrogens is 677 g/mol. The van der Waals surface area contributed by atoms with Crippen molar-refractivity contribution in [2.75, 3.05) is 0 Å². The van der Waals surface area contributed by atoms with E-state index in [1.54, 1.807) is 0 Å². The summed E-state index contributed by atoms with van der Waals surface area (Å²) in [6.07, 6.45) is 0. The van der Waals surface area contributed by atoms with Crippen LogP contribution >= 0.6 is 67.5 Å². The summed E-state index contributed by atoms with van der Waals surface area (Å²) >= 11 is 14.5. The summed E-state index contributed by atoms with van der Waals surface area (Å²) in [4.78, 5) is 10.3. The third-order valence-electron chi connectivity index (χ3n) is 0.230. The molecule has 0 aliphatic carbocycles. The van der Waals surface area contributed by atoms with Crippen molar-refractivity contribution in [3.63, 3.8) is 0 Å². The molecule has 0 fully saturated rings. The van der Waals surface area contributed by atoms with Crippen LogP contribution in [-0.2, 0) is 3.12 Å². The quantitative estimate of drug-likeness (QED) is 0.243. The SMILES string of the molecule is O=[N+]([O-])[Ir]([Br])([Br])([Br])([Br])[Br].[KH]. The van der Waals surface area contributed by atoms with E-state index in [4.69, 9.17) is 0 Å². The van der Waals surface area contributed by atoms with Gasteiger partial charge in [0.2, 0.25) is 0 Å². The molecule has 0 heterocycles. The molecule has 0 unspecified atom stereocenters. The Morgan fingerprint density at radius 3 is 1.20 bits per heavy atom. The van der Waals surface area contributed by atoms with Gasteiger partial charge in [-0.25, -0.2) is 0 Å². The number of nitro groups is 1. The van der Waals surface area contributed by atoms with Gasteiger partial charge in [-0.3, -0.25) is 0 Å². The topological polar surface area (TPSA) is 43.1 Å². The van der Waals surface area contributed by atoms with E-state index in [0.29, 0.717) is 0 Å². The molecule has 0 rings (SSSR count). The van der Waals surface area contributed by atoms with E-state index in [1.165, 1.54) is 0 Å². The van der Waals surface area contributed by atoms with E-state index in [1.807, 2.05) is 0 Å². The number of hydrogen-bond donors (Lipinski definition) is 0. The third-order valence-corrected chi connectivity index (χ3v) is 9.78. The van der Waals surface area contributed by atoms with Gasteiger partial charge < -0.3 is 0 Å². The predicted molar refractivity (Wildman–Crippen MR) is 58.8 cm³/mol. The van der Waals surface area contributed by atoms with E-state index < -0.39 is 6.72 Å². The molecule has 0 aliphatic heterocycles. The van der Waals surface area contributed by atoms with Crippen molar-refractivity contribution in [1.29, 1.82) is 0 Å². The Bertz CT molecular complexity index is 155. The summed E-state index contributed by atoms with van der Waals surface area (Å²) in [6.45, 7) is 0. The van der Waals surface area contributed by atoms with Crippen LogP contribution in [0.4, 0.5) is 0 Å². The first-order valence-electron chi connectivity index (χ1n) is 1.14. The monoisotopic (exact) mass is 674 g/mol. The van der Waals surface area contributed by atoms with Crippen LogP contribution in [0, 0.1) is 10.1 Å². The van der Waals surface area contributed by atoms with Gasteiger partial charge >= 0.3 is 136 Å². The minimum atomic E-state index is -4.59. The molecule has 0 spiro atoms. The molecule has 0 atom stereocenters. The Hall–Kier alpha value is 4.09. The Labute approximate surface area is 132 Å². The summed E-state index contributed by atoms with van der Waals surface area (Å²) in [7, 11) is 0. The molecule has 10 heavy (non-hydrogen) atoms. The summed E-state index contributed by atoms with van der Waals surface area (Å²) in [5.74, 6) is 0. The second kappa shape index (κ2) is 3.92. The van der Waals surface area contributed by atoms with E-state index >= 15 is 0 Å². The van der Waals surface area contributed by atoms with Crippen molar-refractivity contribution in [2.45, 2.75) is 0 Å². The van der Waals surface area contributed by atoms with E-state index in [2.05, 4.69) is 67.5 Å². The van der Waals surface area contributed by atoms with Gasteiger partial charge in [0, 0.05) is 0 Å². The zero-order valence-electron chi connectivity index (χ0n) is 3.49. The van der Waals surface area contributed by atoms with Crippen molar-refractivity contribution in [2.24, 2.45) is 0 Å². The summed E-state index contributed by atoms with van der Waals surface area (Å²) in [6, 6.07) is 0. The minimum absolute atomic E-state index is 0. The average molecular weight is 678 g/mol. The van der Waals surface area contributed by atoms with E-state index in [0.717, 1.165) is 0 Å². The van der Waals surface area contributed by atoms with Crippen LogP contribution in [0.5, 0.6) is 0 Å². The normalized spacial score (nSPS) is 18.1. The third kappa shape index (κ3) is 7.49. The van der Waals surface area contributed by atoms with Gasteiger partial charge in [-0.05, 0) is 0 Å². The van der Waals surface area contributed by atoms with E-state index in [-0.39, 0.29) is 51.4 Å². The Kier molecular flexibility index (Phi) is 6.47. The van der Waals surface area contributed by atoms with Gasteiger partial charge in [-0.2, -0.15) is 0 Å². The predicted octanol–water partition coefficient (Wildman–Crippen LogP) is 3.30. The van der Waals surface area contributed by atoms with Gasteiger partial charge in [0.05, 0.1) is 0 Å². The number of rotatable bonds is 1. The molecule has 0 aromatic heterocycles. The van der Waals surface area contributed by atoms with Crippen molar-refractivity contribution in [1.82, 2.24) is 0 Å².